The summed E-state index contributed by atoms with van der Waals surface area (Å²) in [6.07, 6.45) is 0. The fraction of sp³-hybridized carbons (Fsp3) is 0.267. The van der Waals surface area contributed by atoms with Crippen molar-refractivity contribution in [2.75, 3.05) is 17.2 Å². The third kappa shape index (κ3) is 2.80. The molecule has 0 aliphatic carbocycles. The van der Waals surface area contributed by atoms with E-state index in [-0.39, 0.29) is 0 Å². The Labute approximate surface area is 108 Å². The highest BCUT2D eigenvalue weighted by Gasteiger charge is 2.08. The Morgan fingerprint density at radius 1 is 1.11 bits per heavy atom. The molecule has 0 saturated carbocycles. The largest absolute Gasteiger partial charge is 0.397 e. The van der Waals surface area contributed by atoms with Crippen LogP contribution in [-0.4, -0.2) is 11.5 Å². The van der Waals surface area contributed by atoms with Crippen LogP contribution >= 0.6 is 0 Å². The van der Waals surface area contributed by atoms with Crippen LogP contribution in [0.4, 0.5) is 11.4 Å². The first-order chi connectivity index (χ1) is 8.70. The molecule has 2 rings (SSSR count). The number of nitrogen functional groups attached to an aromatic ring is 1. The molecule has 0 saturated heterocycles. The highest BCUT2D eigenvalue weighted by atomic mass is 15.1. The van der Waals surface area contributed by atoms with Crippen LogP contribution in [-0.2, 0) is 6.54 Å². The maximum Gasteiger partial charge on any atom is 0.0603 e. The van der Waals surface area contributed by atoms with Crippen molar-refractivity contribution in [2.45, 2.75) is 20.4 Å². The van der Waals surface area contributed by atoms with E-state index in [1.54, 1.807) is 0 Å². The Morgan fingerprint density at radius 2 is 1.89 bits per heavy atom. The van der Waals surface area contributed by atoms with Crippen molar-refractivity contribution in [1.82, 2.24) is 4.98 Å². The maximum absolute atomic E-state index is 6.02. The summed E-state index contributed by atoms with van der Waals surface area (Å²) >= 11 is 0. The lowest BCUT2D eigenvalue weighted by molar-refractivity contribution is 0.807. The number of nitrogens with zero attached hydrogens (tertiary/aromatic N) is 2. The van der Waals surface area contributed by atoms with Crippen molar-refractivity contribution in [3.8, 4) is 0 Å². The van der Waals surface area contributed by atoms with Crippen molar-refractivity contribution in [3.05, 3.63) is 53.9 Å². The van der Waals surface area contributed by atoms with Crippen LogP contribution in [0, 0.1) is 6.92 Å². The number of nitrogens with two attached hydrogens (primary N) is 1. The monoisotopic (exact) mass is 241 g/mol. The first-order valence-electron chi connectivity index (χ1n) is 6.22. The van der Waals surface area contributed by atoms with Crippen LogP contribution in [0.1, 0.15) is 18.3 Å². The van der Waals surface area contributed by atoms with E-state index in [0.29, 0.717) is 0 Å². The van der Waals surface area contributed by atoms with E-state index in [2.05, 4.69) is 28.9 Å². The summed E-state index contributed by atoms with van der Waals surface area (Å²) in [5.41, 5.74) is 10.0. The third-order valence-corrected chi connectivity index (χ3v) is 2.96. The molecule has 0 fully saturated rings. The number of aryl methyl sites for hydroxylation is 1. The van der Waals surface area contributed by atoms with Gasteiger partial charge in [-0.05, 0) is 38.1 Å². The highest BCUT2D eigenvalue weighted by molar-refractivity contribution is 5.67. The Kier molecular flexibility index (Phi) is 3.82. The Balaban J connectivity index is 2.23. The topological polar surface area (TPSA) is 42.2 Å². The molecule has 1 aromatic heterocycles. The van der Waals surface area contributed by atoms with Gasteiger partial charge >= 0.3 is 0 Å². The number of hydrogen-bond acceptors (Lipinski definition) is 3. The molecule has 3 nitrogen and oxygen atoms in total. The smallest absolute Gasteiger partial charge is 0.0603 e. The number of para-hydroxylation sites is 2. The van der Waals surface area contributed by atoms with Crippen molar-refractivity contribution >= 4 is 11.4 Å². The van der Waals surface area contributed by atoms with Gasteiger partial charge in [-0.2, -0.15) is 0 Å². The summed E-state index contributed by atoms with van der Waals surface area (Å²) in [6, 6.07) is 14.1. The lowest BCUT2D eigenvalue weighted by atomic mass is 10.2. The number of benzene rings is 1. The van der Waals surface area contributed by atoms with E-state index in [4.69, 9.17) is 5.73 Å². The SMILES string of the molecule is CCN(Cc1cccc(C)n1)c1ccccc1N. The second-order valence-electron chi connectivity index (χ2n) is 4.34. The van der Waals surface area contributed by atoms with E-state index in [9.17, 15) is 0 Å². The molecule has 0 atom stereocenters. The van der Waals surface area contributed by atoms with Crippen molar-refractivity contribution < 1.29 is 0 Å². The molecule has 0 unspecified atom stereocenters. The molecule has 2 N–H and O–H groups in total. The van der Waals surface area contributed by atoms with Gasteiger partial charge in [-0.25, -0.2) is 0 Å². The molecule has 0 amide bonds. The molecule has 0 aliphatic heterocycles. The van der Waals surface area contributed by atoms with Gasteiger partial charge in [0.25, 0.3) is 0 Å². The van der Waals surface area contributed by atoms with Gasteiger partial charge in [0.2, 0.25) is 0 Å². The molecular formula is C15H19N3. The molecule has 0 radical (unpaired) electrons. The van der Waals surface area contributed by atoms with Gasteiger partial charge in [0, 0.05) is 12.2 Å². The van der Waals surface area contributed by atoms with Crippen LogP contribution < -0.4 is 10.6 Å². The second kappa shape index (κ2) is 5.54. The second-order valence-corrected chi connectivity index (χ2v) is 4.34. The van der Waals surface area contributed by atoms with E-state index >= 15 is 0 Å². The number of aromatic nitrogens is 1. The minimum Gasteiger partial charge on any atom is -0.397 e. The predicted octanol–water partition coefficient (Wildman–Crippen LogP) is 3.00. The summed E-state index contributed by atoms with van der Waals surface area (Å²) in [4.78, 5) is 6.77. The van der Waals surface area contributed by atoms with Gasteiger partial charge in [0.15, 0.2) is 0 Å². The van der Waals surface area contributed by atoms with Crippen molar-refractivity contribution in [2.24, 2.45) is 0 Å². The zero-order chi connectivity index (χ0) is 13.0. The Morgan fingerprint density at radius 3 is 2.56 bits per heavy atom. The van der Waals surface area contributed by atoms with Gasteiger partial charge in [0.05, 0.1) is 23.6 Å². The molecule has 0 aliphatic rings. The Hall–Kier alpha value is -2.03. The summed E-state index contributed by atoms with van der Waals surface area (Å²) < 4.78 is 0. The number of rotatable bonds is 4. The normalized spacial score (nSPS) is 10.3. The lowest BCUT2D eigenvalue weighted by Gasteiger charge is -2.24. The van der Waals surface area contributed by atoms with Crippen LogP contribution in [0.25, 0.3) is 0 Å². The van der Waals surface area contributed by atoms with Crippen molar-refractivity contribution in [1.29, 1.82) is 0 Å². The van der Waals surface area contributed by atoms with E-state index in [1.165, 1.54) is 0 Å². The number of anilines is 2. The van der Waals surface area contributed by atoms with Crippen molar-refractivity contribution in [3.63, 3.8) is 0 Å². The summed E-state index contributed by atoms with van der Waals surface area (Å²) in [5, 5.41) is 0. The first-order valence-corrected chi connectivity index (χ1v) is 6.22. The lowest BCUT2D eigenvalue weighted by Crippen LogP contribution is -2.23. The van der Waals surface area contributed by atoms with E-state index in [1.807, 2.05) is 37.3 Å². The predicted molar refractivity (Wildman–Crippen MR) is 76.6 cm³/mol. The van der Waals surface area contributed by atoms with Gasteiger partial charge in [0.1, 0.15) is 0 Å². The molecule has 3 heteroatoms. The Bertz CT molecular complexity index is 523. The standard InChI is InChI=1S/C15H19N3/c1-3-18(15-10-5-4-9-14(15)16)11-13-8-6-7-12(2)17-13/h4-10H,3,11,16H2,1-2H3. The molecule has 1 heterocycles. The first kappa shape index (κ1) is 12.4. The average molecular weight is 241 g/mol. The minimum atomic E-state index is 0.784. The van der Waals surface area contributed by atoms with Crippen LogP contribution in [0.15, 0.2) is 42.5 Å². The highest BCUT2D eigenvalue weighted by Crippen LogP contribution is 2.23. The fourth-order valence-electron chi connectivity index (χ4n) is 2.03. The van der Waals surface area contributed by atoms with E-state index in [0.717, 1.165) is 35.9 Å². The maximum atomic E-state index is 6.02. The third-order valence-electron chi connectivity index (χ3n) is 2.96. The van der Waals surface area contributed by atoms with Crippen LogP contribution in [0.3, 0.4) is 0 Å². The van der Waals surface area contributed by atoms with E-state index < -0.39 is 0 Å². The van der Waals surface area contributed by atoms with Gasteiger partial charge in [-0.1, -0.05) is 18.2 Å². The fourth-order valence-corrected chi connectivity index (χ4v) is 2.03. The summed E-state index contributed by atoms with van der Waals surface area (Å²) in [5.74, 6) is 0. The molecule has 94 valence electrons. The minimum absolute atomic E-state index is 0.784. The van der Waals surface area contributed by atoms with Gasteiger partial charge < -0.3 is 10.6 Å². The van der Waals surface area contributed by atoms with Crippen LogP contribution in [0.5, 0.6) is 0 Å². The quantitative estimate of drug-likeness (QED) is 0.837. The van der Waals surface area contributed by atoms with Crippen LogP contribution in [0.2, 0.25) is 0 Å². The molecule has 2 aromatic rings. The average Bonchev–Trinajstić information content (AvgIpc) is 2.37. The number of pyridine rings is 1. The molecule has 1 aromatic carbocycles. The molecular weight excluding hydrogens is 222 g/mol. The summed E-state index contributed by atoms with van der Waals surface area (Å²) in [7, 11) is 0. The zero-order valence-corrected chi connectivity index (χ0v) is 10.9. The van der Waals surface area contributed by atoms with Gasteiger partial charge in [-0.15, -0.1) is 0 Å². The zero-order valence-electron chi connectivity index (χ0n) is 10.9. The summed E-state index contributed by atoms with van der Waals surface area (Å²) in [6.45, 7) is 5.83. The molecule has 0 bridgehead atoms. The number of hydrogen-bond donors (Lipinski definition) is 1. The molecule has 0 spiro atoms. The molecule has 18 heavy (non-hydrogen) atoms. The van der Waals surface area contributed by atoms with Gasteiger partial charge in [-0.3, -0.25) is 4.98 Å².